The van der Waals surface area contributed by atoms with Gasteiger partial charge < -0.3 is 34.6 Å². The summed E-state index contributed by atoms with van der Waals surface area (Å²) in [7, 11) is 1.42. The highest BCUT2D eigenvalue weighted by Crippen LogP contribution is 2.36. The van der Waals surface area contributed by atoms with Crippen molar-refractivity contribution < 1.29 is 37.4 Å². The molecule has 0 saturated carbocycles. The summed E-state index contributed by atoms with van der Waals surface area (Å²) in [5, 5.41) is 18.2. The fourth-order valence-corrected chi connectivity index (χ4v) is 4.22. The number of hydrogen-bond acceptors (Lipinski definition) is 9. The summed E-state index contributed by atoms with van der Waals surface area (Å²) in [5.74, 6) is -1.66. The van der Waals surface area contributed by atoms with Crippen LogP contribution in [0, 0.1) is 17.1 Å². The van der Waals surface area contributed by atoms with Gasteiger partial charge in [-0.05, 0) is 68.8 Å². The molecule has 0 atom stereocenters. The second-order valence-corrected chi connectivity index (χ2v) is 10.9. The number of hydrogen-bond donors (Lipinski definition) is 3. The number of carbonyl (C=O) groups excluding carboxylic acids is 3. The Hall–Kier alpha value is -5.74. The number of benzene rings is 2. The Labute approximate surface area is 264 Å². The fourth-order valence-electron chi connectivity index (χ4n) is 4.22. The van der Waals surface area contributed by atoms with Crippen molar-refractivity contribution in [3.63, 3.8) is 0 Å². The number of halogens is 1. The second-order valence-electron chi connectivity index (χ2n) is 10.9. The zero-order chi connectivity index (χ0) is 33.3. The molecule has 4 rings (SSSR count). The minimum absolute atomic E-state index is 0.000876. The van der Waals surface area contributed by atoms with Gasteiger partial charge in [0.2, 0.25) is 0 Å². The largest absolute Gasteiger partial charge is 0.467 e. The molecule has 0 saturated heterocycles. The zero-order valence-electron chi connectivity index (χ0n) is 25.6. The first kappa shape index (κ1) is 33.2. The van der Waals surface area contributed by atoms with E-state index in [1.807, 2.05) is 20.8 Å². The summed E-state index contributed by atoms with van der Waals surface area (Å²) < 4.78 is 35.0. The number of nitrogens with one attached hydrogen (secondary N) is 3. The van der Waals surface area contributed by atoms with E-state index in [0.717, 1.165) is 6.07 Å². The third-order valence-corrected chi connectivity index (χ3v) is 6.19. The Balaban J connectivity index is 1.69. The molecule has 2 aromatic carbocycles. The van der Waals surface area contributed by atoms with E-state index in [4.69, 9.17) is 18.6 Å². The molecular formula is C33H32FN5O7. The van der Waals surface area contributed by atoms with Crippen LogP contribution in [-0.2, 0) is 9.47 Å². The van der Waals surface area contributed by atoms with Crippen molar-refractivity contribution in [2.75, 3.05) is 32.4 Å². The van der Waals surface area contributed by atoms with Crippen LogP contribution in [0.3, 0.4) is 0 Å². The van der Waals surface area contributed by atoms with Crippen LogP contribution in [-0.4, -0.2) is 55.5 Å². The SMILES string of the molecule is COCOc1cc(F)ccc1-c1cc(-c2cccc(C(=O)NCCOC(=O)NC(C)(C)C)c2)c(C#N)c(NC(=O)c2ccco2)n1. The Kier molecular flexibility index (Phi) is 10.7. The number of ether oxygens (including phenoxy) is 3. The van der Waals surface area contributed by atoms with Crippen molar-refractivity contribution in [1.29, 1.82) is 5.26 Å². The van der Waals surface area contributed by atoms with Gasteiger partial charge >= 0.3 is 6.09 Å². The van der Waals surface area contributed by atoms with E-state index >= 15 is 0 Å². The predicted octanol–water partition coefficient (Wildman–Crippen LogP) is 5.51. The molecule has 0 aliphatic rings. The van der Waals surface area contributed by atoms with Crippen LogP contribution >= 0.6 is 0 Å². The van der Waals surface area contributed by atoms with E-state index in [1.165, 1.54) is 37.6 Å². The average molecular weight is 630 g/mol. The molecule has 0 fully saturated rings. The Bertz CT molecular complexity index is 1760. The minimum atomic E-state index is -0.654. The molecule has 0 bridgehead atoms. The van der Waals surface area contributed by atoms with Crippen molar-refractivity contribution >= 4 is 23.7 Å². The molecule has 4 aromatic rings. The van der Waals surface area contributed by atoms with Crippen LogP contribution < -0.4 is 20.7 Å². The first-order valence-electron chi connectivity index (χ1n) is 14.0. The van der Waals surface area contributed by atoms with Gasteiger partial charge in [-0.25, -0.2) is 14.2 Å². The van der Waals surface area contributed by atoms with Crippen molar-refractivity contribution in [3.05, 3.63) is 89.6 Å². The number of carbonyl (C=O) groups is 3. The minimum Gasteiger partial charge on any atom is -0.467 e. The summed E-state index contributed by atoms with van der Waals surface area (Å²) in [6, 6.07) is 16.9. The molecule has 2 aromatic heterocycles. The summed E-state index contributed by atoms with van der Waals surface area (Å²) >= 11 is 0. The number of nitriles is 1. The number of methoxy groups -OCH3 is 1. The van der Waals surface area contributed by atoms with Crippen molar-refractivity contribution in [2.45, 2.75) is 26.3 Å². The maximum atomic E-state index is 14.2. The normalized spacial score (nSPS) is 10.9. The average Bonchev–Trinajstić information content (AvgIpc) is 3.56. The van der Waals surface area contributed by atoms with Crippen LogP contribution in [0.4, 0.5) is 15.0 Å². The molecule has 46 heavy (non-hydrogen) atoms. The number of furan rings is 1. The first-order valence-corrected chi connectivity index (χ1v) is 14.0. The smallest absolute Gasteiger partial charge is 0.407 e. The number of alkyl carbamates (subject to hydrolysis) is 1. The van der Waals surface area contributed by atoms with E-state index in [2.05, 4.69) is 27.0 Å². The molecule has 0 aliphatic heterocycles. The molecular weight excluding hydrogens is 597 g/mol. The molecule has 0 aliphatic carbocycles. The maximum Gasteiger partial charge on any atom is 0.407 e. The molecule has 0 spiro atoms. The third kappa shape index (κ3) is 8.67. The second kappa shape index (κ2) is 14.8. The number of nitrogens with zero attached hydrogens (tertiary/aromatic N) is 2. The van der Waals surface area contributed by atoms with Gasteiger partial charge in [0.1, 0.15) is 29.8 Å². The lowest BCUT2D eigenvalue weighted by Gasteiger charge is -2.20. The van der Waals surface area contributed by atoms with Gasteiger partial charge in [0.05, 0.1) is 18.5 Å². The fraction of sp³-hybridized carbons (Fsp3) is 0.242. The zero-order valence-corrected chi connectivity index (χ0v) is 25.6. The lowest BCUT2D eigenvalue weighted by atomic mass is 9.96. The monoisotopic (exact) mass is 629 g/mol. The van der Waals surface area contributed by atoms with Gasteiger partial charge in [0, 0.05) is 35.4 Å². The summed E-state index contributed by atoms with van der Waals surface area (Å²) in [5.41, 5.74) is 1.14. The van der Waals surface area contributed by atoms with Crippen LogP contribution in [0.1, 0.15) is 47.2 Å². The third-order valence-electron chi connectivity index (χ3n) is 6.19. The quantitative estimate of drug-likeness (QED) is 0.143. The van der Waals surface area contributed by atoms with Crippen LogP contribution in [0.15, 0.2) is 71.3 Å². The topological polar surface area (TPSA) is 165 Å². The van der Waals surface area contributed by atoms with Crippen LogP contribution in [0.25, 0.3) is 22.4 Å². The number of anilines is 1. The maximum absolute atomic E-state index is 14.2. The summed E-state index contributed by atoms with van der Waals surface area (Å²) in [4.78, 5) is 42.3. The standard InChI is InChI=1S/C33H32FN5O7/c1-33(2,3)39-32(42)45-14-12-36-30(40)21-8-5-7-20(15-21)24-17-26(23-11-10-22(34)16-28(23)46-19-43-4)37-29(25(24)18-35)38-31(41)27-9-6-13-44-27/h5-11,13,15-17H,12,14,19H2,1-4H3,(H,36,40)(H,39,42)(H,37,38,41). The van der Waals surface area contributed by atoms with E-state index in [-0.39, 0.29) is 54.1 Å². The Morgan fingerprint density at radius 2 is 1.83 bits per heavy atom. The van der Waals surface area contributed by atoms with E-state index in [1.54, 1.807) is 30.3 Å². The van der Waals surface area contributed by atoms with Crippen molar-refractivity contribution in [1.82, 2.24) is 15.6 Å². The van der Waals surface area contributed by atoms with Gasteiger partial charge in [-0.2, -0.15) is 5.26 Å². The number of rotatable bonds is 11. The van der Waals surface area contributed by atoms with Crippen LogP contribution in [0.5, 0.6) is 5.75 Å². The number of pyridine rings is 1. The number of aromatic nitrogens is 1. The summed E-state index contributed by atoms with van der Waals surface area (Å²) in [6.07, 6.45) is 0.726. The molecule has 3 amide bonds. The lowest BCUT2D eigenvalue weighted by Crippen LogP contribution is -2.41. The van der Waals surface area contributed by atoms with E-state index in [0.29, 0.717) is 16.7 Å². The van der Waals surface area contributed by atoms with Gasteiger partial charge in [-0.1, -0.05) is 12.1 Å². The number of amides is 3. The van der Waals surface area contributed by atoms with Gasteiger partial charge in [0.25, 0.3) is 11.8 Å². The van der Waals surface area contributed by atoms with Crippen molar-refractivity contribution in [3.8, 4) is 34.2 Å². The molecule has 13 heteroatoms. The first-order chi connectivity index (χ1) is 22.0. The molecule has 3 N–H and O–H groups in total. The Morgan fingerprint density at radius 1 is 1.02 bits per heavy atom. The lowest BCUT2D eigenvalue weighted by molar-refractivity contribution is 0.0513. The molecule has 0 unspecified atom stereocenters. The van der Waals surface area contributed by atoms with Gasteiger partial charge in [-0.15, -0.1) is 0 Å². The Morgan fingerprint density at radius 3 is 2.52 bits per heavy atom. The molecule has 12 nitrogen and oxygen atoms in total. The molecule has 2 heterocycles. The highest BCUT2D eigenvalue weighted by atomic mass is 19.1. The predicted molar refractivity (Wildman–Crippen MR) is 166 cm³/mol. The highest BCUT2D eigenvalue weighted by molar-refractivity contribution is 6.03. The van der Waals surface area contributed by atoms with Crippen molar-refractivity contribution in [2.24, 2.45) is 0 Å². The molecule has 238 valence electrons. The van der Waals surface area contributed by atoms with Gasteiger partial charge in [0.15, 0.2) is 18.4 Å². The highest BCUT2D eigenvalue weighted by Gasteiger charge is 2.21. The van der Waals surface area contributed by atoms with E-state index < -0.39 is 29.3 Å². The van der Waals surface area contributed by atoms with E-state index in [9.17, 15) is 24.0 Å². The molecule has 0 radical (unpaired) electrons. The summed E-state index contributed by atoms with van der Waals surface area (Å²) in [6.45, 7) is 5.28. The van der Waals surface area contributed by atoms with Gasteiger partial charge in [-0.3, -0.25) is 9.59 Å². The van der Waals surface area contributed by atoms with Crippen LogP contribution in [0.2, 0.25) is 0 Å².